The molecule has 2 aliphatic heterocycles. The van der Waals surface area contributed by atoms with E-state index in [0.29, 0.717) is 30.8 Å². The lowest BCUT2D eigenvalue weighted by molar-refractivity contribution is -0.105. The van der Waals surface area contributed by atoms with Crippen LogP contribution in [-0.4, -0.2) is 66.0 Å². The summed E-state index contributed by atoms with van der Waals surface area (Å²) in [4.78, 5) is 10.8. The van der Waals surface area contributed by atoms with Crippen molar-refractivity contribution in [2.75, 3.05) is 33.9 Å². The highest BCUT2D eigenvalue weighted by Gasteiger charge is 2.37. The molecule has 3 atom stereocenters. The number of rotatable bonds is 4. The fourth-order valence-corrected chi connectivity index (χ4v) is 3.03. The predicted molar refractivity (Wildman–Crippen MR) is 74.4 cm³/mol. The molecule has 7 heteroatoms. The van der Waals surface area contributed by atoms with Gasteiger partial charge in [0, 0.05) is 12.6 Å². The summed E-state index contributed by atoms with van der Waals surface area (Å²) in [5, 5.41) is 10.6. The SMILES string of the molecule is COc1cnc(C(O)C2CN3CCCC3CO2)c(OC)n1. The number of hydrogen-bond acceptors (Lipinski definition) is 7. The Labute approximate surface area is 123 Å². The van der Waals surface area contributed by atoms with Gasteiger partial charge in [-0.15, -0.1) is 0 Å². The molecule has 0 aromatic carbocycles. The van der Waals surface area contributed by atoms with Crippen LogP contribution in [-0.2, 0) is 4.74 Å². The second-order valence-corrected chi connectivity index (χ2v) is 5.41. The normalized spacial score (nSPS) is 27.2. The summed E-state index contributed by atoms with van der Waals surface area (Å²) in [6.07, 6.45) is 2.68. The molecule has 0 aliphatic carbocycles. The maximum Gasteiger partial charge on any atom is 0.241 e. The van der Waals surface area contributed by atoms with Crippen molar-refractivity contribution >= 4 is 0 Å². The van der Waals surface area contributed by atoms with Crippen LogP contribution in [0.25, 0.3) is 0 Å². The Morgan fingerprint density at radius 3 is 3.05 bits per heavy atom. The summed E-state index contributed by atoms with van der Waals surface area (Å²) < 4.78 is 16.0. The van der Waals surface area contributed by atoms with E-state index in [0.717, 1.165) is 6.54 Å². The molecule has 116 valence electrons. The smallest absolute Gasteiger partial charge is 0.241 e. The Morgan fingerprint density at radius 2 is 2.29 bits per heavy atom. The van der Waals surface area contributed by atoms with Crippen LogP contribution in [0.3, 0.4) is 0 Å². The van der Waals surface area contributed by atoms with E-state index in [1.165, 1.54) is 33.3 Å². The van der Waals surface area contributed by atoms with E-state index in [2.05, 4.69) is 14.9 Å². The Bertz CT molecular complexity index is 499. The summed E-state index contributed by atoms with van der Waals surface area (Å²) in [7, 11) is 3.01. The van der Waals surface area contributed by atoms with Crippen molar-refractivity contribution in [3.8, 4) is 11.8 Å². The van der Waals surface area contributed by atoms with Gasteiger partial charge in [-0.2, -0.15) is 4.98 Å². The highest BCUT2D eigenvalue weighted by Crippen LogP contribution is 2.31. The molecular weight excluding hydrogens is 274 g/mol. The molecule has 3 heterocycles. The molecule has 7 nitrogen and oxygen atoms in total. The quantitative estimate of drug-likeness (QED) is 0.861. The number of aromatic nitrogens is 2. The molecule has 1 aromatic rings. The van der Waals surface area contributed by atoms with Gasteiger partial charge in [-0.25, -0.2) is 4.98 Å². The van der Waals surface area contributed by atoms with Gasteiger partial charge in [0.1, 0.15) is 17.9 Å². The van der Waals surface area contributed by atoms with Crippen molar-refractivity contribution in [1.82, 2.24) is 14.9 Å². The fraction of sp³-hybridized carbons (Fsp3) is 0.714. The molecule has 3 rings (SSSR count). The lowest BCUT2D eigenvalue weighted by Gasteiger charge is -2.37. The number of nitrogens with zero attached hydrogens (tertiary/aromatic N) is 3. The number of aliphatic hydroxyl groups excluding tert-OH is 1. The average molecular weight is 295 g/mol. The predicted octanol–water partition coefficient (Wildman–Crippen LogP) is 0.390. The molecule has 0 amide bonds. The van der Waals surface area contributed by atoms with Crippen LogP contribution in [0.5, 0.6) is 11.8 Å². The number of morpholine rings is 1. The fourth-order valence-electron chi connectivity index (χ4n) is 3.03. The maximum atomic E-state index is 10.6. The zero-order chi connectivity index (χ0) is 14.8. The van der Waals surface area contributed by atoms with Crippen molar-refractivity contribution in [1.29, 1.82) is 0 Å². The van der Waals surface area contributed by atoms with Gasteiger partial charge in [0.25, 0.3) is 0 Å². The van der Waals surface area contributed by atoms with Crippen molar-refractivity contribution in [2.45, 2.75) is 31.1 Å². The van der Waals surface area contributed by atoms with Crippen molar-refractivity contribution in [3.05, 3.63) is 11.9 Å². The van der Waals surface area contributed by atoms with E-state index >= 15 is 0 Å². The van der Waals surface area contributed by atoms with Crippen LogP contribution in [0, 0.1) is 0 Å². The van der Waals surface area contributed by atoms with Gasteiger partial charge in [0.15, 0.2) is 0 Å². The minimum absolute atomic E-state index is 0.272. The summed E-state index contributed by atoms with van der Waals surface area (Å²) in [6, 6.07) is 0.497. The average Bonchev–Trinajstić information content (AvgIpc) is 3.01. The van der Waals surface area contributed by atoms with Gasteiger partial charge in [0.2, 0.25) is 11.8 Å². The zero-order valence-corrected chi connectivity index (χ0v) is 12.4. The molecule has 2 aliphatic rings. The maximum absolute atomic E-state index is 10.6. The molecule has 0 spiro atoms. The molecule has 1 N–H and O–H groups in total. The molecular formula is C14H21N3O4. The zero-order valence-electron chi connectivity index (χ0n) is 12.4. The molecule has 2 fully saturated rings. The van der Waals surface area contributed by atoms with Crippen LogP contribution in [0.15, 0.2) is 6.20 Å². The van der Waals surface area contributed by atoms with E-state index < -0.39 is 6.10 Å². The third-order valence-electron chi connectivity index (χ3n) is 4.20. The summed E-state index contributed by atoms with van der Waals surface area (Å²) in [5.74, 6) is 0.626. The first-order valence-corrected chi connectivity index (χ1v) is 7.21. The van der Waals surface area contributed by atoms with Crippen molar-refractivity contribution in [3.63, 3.8) is 0 Å². The number of methoxy groups -OCH3 is 2. The van der Waals surface area contributed by atoms with E-state index in [4.69, 9.17) is 14.2 Å². The van der Waals surface area contributed by atoms with Gasteiger partial charge in [-0.05, 0) is 19.4 Å². The van der Waals surface area contributed by atoms with Gasteiger partial charge in [0.05, 0.1) is 27.0 Å². The van der Waals surface area contributed by atoms with E-state index in [1.807, 2.05) is 0 Å². The third-order valence-corrected chi connectivity index (χ3v) is 4.20. The van der Waals surface area contributed by atoms with Crippen LogP contribution in [0.2, 0.25) is 0 Å². The highest BCUT2D eigenvalue weighted by atomic mass is 16.5. The molecule has 3 unspecified atom stereocenters. The first-order chi connectivity index (χ1) is 10.2. The van der Waals surface area contributed by atoms with Crippen molar-refractivity contribution in [2.24, 2.45) is 0 Å². The highest BCUT2D eigenvalue weighted by molar-refractivity contribution is 5.25. The summed E-state index contributed by atoms with van der Waals surface area (Å²) in [5.41, 5.74) is 0.390. The lowest BCUT2D eigenvalue weighted by atomic mass is 10.1. The van der Waals surface area contributed by atoms with Gasteiger partial charge in [-0.1, -0.05) is 0 Å². The molecule has 0 saturated carbocycles. The van der Waals surface area contributed by atoms with Gasteiger partial charge in [-0.3, -0.25) is 4.90 Å². The monoisotopic (exact) mass is 295 g/mol. The minimum Gasteiger partial charge on any atom is -0.480 e. The molecule has 2 saturated heterocycles. The van der Waals surface area contributed by atoms with E-state index in [1.54, 1.807) is 0 Å². The molecule has 21 heavy (non-hydrogen) atoms. The number of fused-ring (bicyclic) bond motifs is 1. The Hall–Kier alpha value is -1.44. The van der Waals surface area contributed by atoms with Crippen molar-refractivity contribution < 1.29 is 19.3 Å². The second kappa shape index (κ2) is 6.13. The van der Waals surface area contributed by atoms with Crippen LogP contribution >= 0.6 is 0 Å². The lowest BCUT2D eigenvalue weighted by Crippen LogP contribution is -2.48. The molecule has 0 radical (unpaired) electrons. The van der Waals surface area contributed by atoms with Crippen LogP contribution in [0.4, 0.5) is 0 Å². The van der Waals surface area contributed by atoms with Gasteiger partial charge < -0.3 is 19.3 Å². The number of aliphatic hydroxyl groups is 1. The van der Waals surface area contributed by atoms with E-state index in [-0.39, 0.29) is 12.0 Å². The molecule has 1 aromatic heterocycles. The van der Waals surface area contributed by atoms with Crippen LogP contribution < -0.4 is 9.47 Å². The third kappa shape index (κ3) is 2.81. The summed E-state index contributed by atoms with van der Waals surface area (Å²) in [6.45, 7) is 2.44. The van der Waals surface area contributed by atoms with Crippen LogP contribution in [0.1, 0.15) is 24.6 Å². The second-order valence-electron chi connectivity index (χ2n) is 5.41. The molecule has 0 bridgehead atoms. The van der Waals surface area contributed by atoms with E-state index in [9.17, 15) is 5.11 Å². The van der Waals surface area contributed by atoms with Gasteiger partial charge >= 0.3 is 0 Å². The topological polar surface area (TPSA) is 76.9 Å². The standard InChI is InChI=1S/C14H21N3O4/c1-19-11-6-15-12(14(16-11)20-2)13(18)10-7-17-5-3-4-9(17)8-21-10/h6,9-10,13,18H,3-5,7-8H2,1-2H3. The Morgan fingerprint density at radius 1 is 1.43 bits per heavy atom. The Kier molecular flexibility index (Phi) is 4.23. The first kappa shape index (κ1) is 14.5. The largest absolute Gasteiger partial charge is 0.480 e. The summed E-state index contributed by atoms with van der Waals surface area (Å²) >= 11 is 0. The Balaban J connectivity index is 1.76. The number of ether oxygens (including phenoxy) is 3. The first-order valence-electron chi connectivity index (χ1n) is 7.21. The number of hydrogen-bond donors (Lipinski definition) is 1. The minimum atomic E-state index is -0.861.